The van der Waals surface area contributed by atoms with Gasteiger partial charge >= 0.3 is 5.97 Å². The first-order valence-electron chi connectivity index (χ1n) is 10.3. The van der Waals surface area contributed by atoms with Crippen LogP contribution in [0.4, 0.5) is 5.69 Å². The Kier molecular flexibility index (Phi) is 6.84. The monoisotopic (exact) mass is 422 g/mol. The summed E-state index contributed by atoms with van der Waals surface area (Å²) in [5, 5.41) is 0. The summed E-state index contributed by atoms with van der Waals surface area (Å²) in [6.07, 6.45) is 0.882. The van der Waals surface area contributed by atoms with Crippen molar-refractivity contribution in [2.45, 2.75) is 45.7 Å². The minimum absolute atomic E-state index is 0.0705. The van der Waals surface area contributed by atoms with Crippen LogP contribution in [0.15, 0.2) is 48.5 Å². The van der Waals surface area contributed by atoms with E-state index in [4.69, 9.17) is 0 Å². The van der Waals surface area contributed by atoms with Crippen LogP contribution in [0.1, 0.15) is 47.7 Å². The molecule has 1 fully saturated rings. The van der Waals surface area contributed by atoms with E-state index in [0.29, 0.717) is 24.1 Å². The standard InChI is InChI=1S/C24H26N2O5/c1-4-5-21(27)25(15-17-8-6-16(2)7-9-17)20-14-22(28)26(23(20)29)19-12-10-18(11-13-19)24(30)31-3/h6-13,20H,4-5,14-15H2,1-3H3. The summed E-state index contributed by atoms with van der Waals surface area (Å²) in [7, 11) is 1.28. The fourth-order valence-corrected chi connectivity index (χ4v) is 3.61. The van der Waals surface area contributed by atoms with Crippen molar-refractivity contribution in [3.8, 4) is 0 Å². The number of ether oxygens (including phenoxy) is 1. The minimum atomic E-state index is -0.854. The number of esters is 1. The molecule has 0 aromatic heterocycles. The molecule has 1 unspecified atom stereocenters. The van der Waals surface area contributed by atoms with Gasteiger partial charge in [-0.15, -0.1) is 0 Å². The highest BCUT2D eigenvalue weighted by Crippen LogP contribution is 2.28. The van der Waals surface area contributed by atoms with E-state index < -0.39 is 17.9 Å². The molecule has 1 saturated heterocycles. The van der Waals surface area contributed by atoms with E-state index in [0.717, 1.165) is 16.0 Å². The van der Waals surface area contributed by atoms with Gasteiger partial charge < -0.3 is 9.64 Å². The van der Waals surface area contributed by atoms with Gasteiger partial charge in [-0.05, 0) is 43.2 Å². The molecule has 1 heterocycles. The van der Waals surface area contributed by atoms with Gasteiger partial charge in [-0.2, -0.15) is 0 Å². The first-order valence-corrected chi connectivity index (χ1v) is 10.3. The van der Waals surface area contributed by atoms with Crippen LogP contribution in [0.5, 0.6) is 0 Å². The molecule has 0 aliphatic carbocycles. The number of anilines is 1. The molecule has 3 rings (SSSR count). The molecule has 7 heteroatoms. The maximum atomic E-state index is 13.2. The molecule has 3 amide bonds. The van der Waals surface area contributed by atoms with Gasteiger partial charge in [-0.25, -0.2) is 9.69 Å². The second-order valence-corrected chi connectivity index (χ2v) is 7.58. The Hall–Kier alpha value is -3.48. The number of imide groups is 1. The van der Waals surface area contributed by atoms with Crippen LogP contribution in [0, 0.1) is 6.92 Å². The molecule has 1 atom stereocenters. The molecule has 0 saturated carbocycles. The van der Waals surface area contributed by atoms with Crippen molar-refractivity contribution in [2.75, 3.05) is 12.0 Å². The number of hydrogen-bond donors (Lipinski definition) is 0. The zero-order valence-corrected chi connectivity index (χ0v) is 18.0. The largest absolute Gasteiger partial charge is 0.465 e. The SMILES string of the molecule is CCCC(=O)N(Cc1ccc(C)cc1)C1CC(=O)N(c2ccc(C(=O)OC)cc2)C1=O. The number of benzene rings is 2. The van der Waals surface area contributed by atoms with E-state index in [1.807, 2.05) is 38.1 Å². The summed E-state index contributed by atoms with van der Waals surface area (Å²) >= 11 is 0. The Labute approximate surface area is 181 Å². The number of nitrogens with zero attached hydrogens (tertiary/aromatic N) is 2. The smallest absolute Gasteiger partial charge is 0.337 e. The van der Waals surface area contributed by atoms with E-state index in [1.165, 1.54) is 36.3 Å². The van der Waals surface area contributed by atoms with Crippen LogP contribution in [-0.4, -0.2) is 41.7 Å². The summed E-state index contributed by atoms with van der Waals surface area (Å²) in [5.41, 5.74) is 2.68. The lowest BCUT2D eigenvalue weighted by Crippen LogP contribution is -2.45. The van der Waals surface area contributed by atoms with Crippen LogP contribution in [0.3, 0.4) is 0 Å². The van der Waals surface area contributed by atoms with Gasteiger partial charge in [0, 0.05) is 13.0 Å². The summed E-state index contributed by atoms with van der Waals surface area (Å²) < 4.78 is 4.68. The highest BCUT2D eigenvalue weighted by atomic mass is 16.5. The number of methoxy groups -OCH3 is 1. The van der Waals surface area contributed by atoms with Gasteiger partial charge in [0.1, 0.15) is 6.04 Å². The summed E-state index contributed by atoms with van der Waals surface area (Å²) in [6.45, 7) is 4.14. The number of carbonyl (C=O) groups excluding carboxylic acids is 4. The number of carbonyl (C=O) groups is 4. The Balaban J connectivity index is 1.86. The second-order valence-electron chi connectivity index (χ2n) is 7.58. The van der Waals surface area contributed by atoms with Gasteiger partial charge in [0.25, 0.3) is 5.91 Å². The number of aryl methyl sites for hydroxylation is 1. The Bertz CT molecular complexity index is 982. The van der Waals surface area contributed by atoms with Crippen molar-refractivity contribution in [3.05, 3.63) is 65.2 Å². The van der Waals surface area contributed by atoms with Crippen molar-refractivity contribution in [1.29, 1.82) is 0 Å². The highest BCUT2D eigenvalue weighted by molar-refractivity contribution is 6.23. The lowest BCUT2D eigenvalue weighted by Gasteiger charge is -2.28. The molecule has 2 aromatic carbocycles. The molecular formula is C24H26N2O5. The summed E-state index contributed by atoms with van der Waals surface area (Å²) in [5.74, 6) is -1.47. The van der Waals surface area contributed by atoms with Gasteiger partial charge in [-0.3, -0.25) is 14.4 Å². The minimum Gasteiger partial charge on any atom is -0.465 e. The number of hydrogen-bond acceptors (Lipinski definition) is 5. The van der Waals surface area contributed by atoms with Crippen molar-refractivity contribution in [3.63, 3.8) is 0 Å². The Morgan fingerprint density at radius 1 is 1.06 bits per heavy atom. The van der Waals surface area contributed by atoms with Crippen molar-refractivity contribution in [1.82, 2.24) is 4.90 Å². The molecule has 0 spiro atoms. The predicted octanol–water partition coefficient (Wildman–Crippen LogP) is 3.24. The summed E-state index contributed by atoms with van der Waals surface area (Å²) in [4.78, 5) is 53.0. The maximum absolute atomic E-state index is 13.2. The quantitative estimate of drug-likeness (QED) is 0.505. The highest BCUT2D eigenvalue weighted by Gasteiger charge is 2.44. The van der Waals surface area contributed by atoms with E-state index in [2.05, 4.69) is 4.74 Å². The average molecular weight is 422 g/mol. The van der Waals surface area contributed by atoms with Crippen molar-refractivity contribution in [2.24, 2.45) is 0 Å². The lowest BCUT2D eigenvalue weighted by atomic mass is 10.1. The van der Waals surface area contributed by atoms with Crippen LogP contribution in [0.2, 0.25) is 0 Å². The molecule has 1 aliphatic rings. The first kappa shape index (κ1) is 22.2. The van der Waals surface area contributed by atoms with Crippen molar-refractivity contribution < 1.29 is 23.9 Å². The fraction of sp³-hybridized carbons (Fsp3) is 0.333. The van der Waals surface area contributed by atoms with Crippen LogP contribution >= 0.6 is 0 Å². The second kappa shape index (κ2) is 9.55. The van der Waals surface area contributed by atoms with E-state index in [-0.39, 0.29) is 24.8 Å². The zero-order chi connectivity index (χ0) is 22.5. The number of amides is 3. The van der Waals surface area contributed by atoms with E-state index in [1.54, 1.807) is 0 Å². The third-order valence-electron chi connectivity index (χ3n) is 5.30. The van der Waals surface area contributed by atoms with E-state index in [9.17, 15) is 19.2 Å². The first-order chi connectivity index (χ1) is 14.8. The third kappa shape index (κ3) is 4.82. The molecule has 2 aromatic rings. The molecule has 0 radical (unpaired) electrons. The average Bonchev–Trinajstić information content (AvgIpc) is 3.06. The lowest BCUT2D eigenvalue weighted by molar-refractivity contribution is -0.139. The van der Waals surface area contributed by atoms with Gasteiger partial charge in [0.2, 0.25) is 11.8 Å². The van der Waals surface area contributed by atoms with Crippen LogP contribution in [-0.2, 0) is 25.7 Å². The maximum Gasteiger partial charge on any atom is 0.337 e. The Morgan fingerprint density at radius 2 is 1.71 bits per heavy atom. The van der Waals surface area contributed by atoms with Crippen LogP contribution in [0.25, 0.3) is 0 Å². The van der Waals surface area contributed by atoms with Gasteiger partial charge in [0.15, 0.2) is 0 Å². The van der Waals surface area contributed by atoms with Crippen LogP contribution < -0.4 is 4.90 Å². The van der Waals surface area contributed by atoms with Gasteiger partial charge in [0.05, 0.1) is 24.8 Å². The molecule has 0 N–H and O–H groups in total. The predicted molar refractivity (Wildman–Crippen MR) is 115 cm³/mol. The molecule has 7 nitrogen and oxygen atoms in total. The Morgan fingerprint density at radius 3 is 2.29 bits per heavy atom. The molecule has 1 aliphatic heterocycles. The normalized spacial score (nSPS) is 15.8. The molecular weight excluding hydrogens is 396 g/mol. The summed E-state index contributed by atoms with van der Waals surface area (Å²) in [6, 6.07) is 13.0. The number of rotatable bonds is 7. The topological polar surface area (TPSA) is 84.0 Å². The zero-order valence-electron chi connectivity index (χ0n) is 18.0. The third-order valence-corrected chi connectivity index (χ3v) is 5.30. The van der Waals surface area contributed by atoms with Gasteiger partial charge in [-0.1, -0.05) is 36.8 Å². The fourth-order valence-electron chi connectivity index (χ4n) is 3.61. The molecule has 31 heavy (non-hydrogen) atoms. The van der Waals surface area contributed by atoms with Crippen molar-refractivity contribution >= 4 is 29.4 Å². The molecule has 0 bridgehead atoms. The molecule has 162 valence electrons. The van der Waals surface area contributed by atoms with E-state index >= 15 is 0 Å².